The van der Waals surface area contributed by atoms with Crippen LogP contribution in [0.1, 0.15) is 18.5 Å². The van der Waals surface area contributed by atoms with Crippen LogP contribution in [0.15, 0.2) is 12.3 Å². The largest absolute Gasteiger partial charge is 0.480 e. The molecule has 4 nitrogen and oxygen atoms in total. The van der Waals surface area contributed by atoms with Gasteiger partial charge in [0.2, 0.25) is 5.88 Å². The highest BCUT2D eigenvalue weighted by Crippen LogP contribution is 2.18. The predicted molar refractivity (Wildman–Crippen MR) is 41.2 cm³/mol. The van der Waals surface area contributed by atoms with Crippen molar-refractivity contribution in [1.29, 1.82) is 0 Å². The van der Waals surface area contributed by atoms with Gasteiger partial charge in [-0.2, -0.15) is 5.10 Å². The molecule has 1 atom stereocenters. The summed E-state index contributed by atoms with van der Waals surface area (Å²) in [5.41, 5.74) is 6.52. The lowest BCUT2D eigenvalue weighted by atomic mass is 10.2. The van der Waals surface area contributed by atoms with Gasteiger partial charge in [-0.3, -0.25) is 0 Å². The standard InChI is InChI=1S/C7H11N3O/c1-5(8)6-3-4-9-10-7(6)11-2/h3-5H,8H2,1-2H3. The summed E-state index contributed by atoms with van der Waals surface area (Å²) in [6.07, 6.45) is 1.60. The lowest BCUT2D eigenvalue weighted by Gasteiger charge is -2.07. The van der Waals surface area contributed by atoms with Gasteiger partial charge in [0, 0.05) is 11.6 Å². The van der Waals surface area contributed by atoms with Crippen molar-refractivity contribution in [1.82, 2.24) is 10.2 Å². The third-order valence-corrected chi connectivity index (χ3v) is 1.40. The molecular formula is C7H11N3O. The second kappa shape index (κ2) is 3.30. The smallest absolute Gasteiger partial charge is 0.237 e. The van der Waals surface area contributed by atoms with Crippen LogP contribution in [0.4, 0.5) is 0 Å². The lowest BCUT2D eigenvalue weighted by molar-refractivity contribution is 0.383. The van der Waals surface area contributed by atoms with Crippen molar-refractivity contribution in [2.45, 2.75) is 13.0 Å². The Hall–Kier alpha value is -1.16. The van der Waals surface area contributed by atoms with E-state index in [2.05, 4.69) is 10.2 Å². The number of aromatic nitrogens is 2. The van der Waals surface area contributed by atoms with Crippen molar-refractivity contribution in [3.8, 4) is 5.88 Å². The zero-order valence-corrected chi connectivity index (χ0v) is 6.61. The van der Waals surface area contributed by atoms with E-state index in [1.807, 2.05) is 6.92 Å². The summed E-state index contributed by atoms with van der Waals surface area (Å²) in [6, 6.07) is 1.73. The number of hydrogen-bond donors (Lipinski definition) is 1. The third kappa shape index (κ3) is 1.65. The number of nitrogens with two attached hydrogens (primary N) is 1. The Morgan fingerprint density at radius 3 is 2.82 bits per heavy atom. The molecular weight excluding hydrogens is 142 g/mol. The lowest BCUT2D eigenvalue weighted by Crippen LogP contribution is -2.08. The summed E-state index contributed by atoms with van der Waals surface area (Å²) in [5.74, 6) is 0.502. The molecule has 11 heavy (non-hydrogen) atoms. The van der Waals surface area contributed by atoms with Crippen LogP contribution in [0.5, 0.6) is 5.88 Å². The highest BCUT2D eigenvalue weighted by Gasteiger charge is 2.06. The Morgan fingerprint density at radius 1 is 1.64 bits per heavy atom. The fraction of sp³-hybridized carbons (Fsp3) is 0.429. The van der Waals surface area contributed by atoms with Gasteiger partial charge in [0.25, 0.3) is 0 Å². The average molecular weight is 153 g/mol. The molecule has 0 aliphatic rings. The van der Waals surface area contributed by atoms with Crippen molar-refractivity contribution < 1.29 is 4.74 Å². The van der Waals surface area contributed by atoms with Gasteiger partial charge >= 0.3 is 0 Å². The number of nitrogens with zero attached hydrogens (tertiary/aromatic N) is 2. The van der Waals surface area contributed by atoms with Gasteiger partial charge in [-0.15, -0.1) is 5.10 Å². The molecule has 0 amide bonds. The average Bonchev–Trinajstić information content (AvgIpc) is 2.04. The maximum Gasteiger partial charge on any atom is 0.237 e. The molecule has 1 aromatic heterocycles. The number of ether oxygens (including phenoxy) is 1. The first-order chi connectivity index (χ1) is 5.25. The van der Waals surface area contributed by atoms with E-state index in [0.717, 1.165) is 5.56 Å². The van der Waals surface area contributed by atoms with Crippen LogP contribution in [0.3, 0.4) is 0 Å². The fourth-order valence-corrected chi connectivity index (χ4v) is 0.834. The zero-order valence-electron chi connectivity index (χ0n) is 6.61. The van der Waals surface area contributed by atoms with Crippen LogP contribution in [-0.2, 0) is 0 Å². The quantitative estimate of drug-likeness (QED) is 0.672. The molecule has 1 aromatic rings. The van der Waals surface area contributed by atoms with E-state index in [-0.39, 0.29) is 6.04 Å². The second-order valence-corrected chi connectivity index (χ2v) is 2.28. The van der Waals surface area contributed by atoms with Crippen LogP contribution < -0.4 is 10.5 Å². The monoisotopic (exact) mass is 153 g/mol. The number of hydrogen-bond acceptors (Lipinski definition) is 4. The molecule has 0 saturated carbocycles. The van der Waals surface area contributed by atoms with Crippen molar-refractivity contribution in [3.05, 3.63) is 17.8 Å². The molecule has 1 unspecified atom stereocenters. The minimum Gasteiger partial charge on any atom is -0.480 e. The first-order valence-corrected chi connectivity index (χ1v) is 3.37. The van der Waals surface area contributed by atoms with E-state index < -0.39 is 0 Å². The minimum absolute atomic E-state index is 0.0690. The summed E-state index contributed by atoms with van der Waals surface area (Å²) >= 11 is 0. The molecule has 0 fully saturated rings. The Bertz CT molecular complexity index is 237. The van der Waals surface area contributed by atoms with Crippen molar-refractivity contribution in [2.24, 2.45) is 5.73 Å². The van der Waals surface area contributed by atoms with Gasteiger partial charge in [0.1, 0.15) is 0 Å². The van der Waals surface area contributed by atoms with E-state index >= 15 is 0 Å². The zero-order chi connectivity index (χ0) is 8.27. The van der Waals surface area contributed by atoms with Gasteiger partial charge in [-0.1, -0.05) is 0 Å². The molecule has 1 heterocycles. The molecule has 0 spiro atoms. The fourth-order valence-electron chi connectivity index (χ4n) is 0.834. The SMILES string of the molecule is COc1nnccc1C(C)N. The highest BCUT2D eigenvalue weighted by atomic mass is 16.5. The van der Waals surface area contributed by atoms with Crippen LogP contribution in [0.2, 0.25) is 0 Å². The number of rotatable bonds is 2. The van der Waals surface area contributed by atoms with Gasteiger partial charge in [-0.25, -0.2) is 0 Å². The van der Waals surface area contributed by atoms with E-state index in [1.165, 1.54) is 0 Å². The van der Waals surface area contributed by atoms with Crippen molar-refractivity contribution >= 4 is 0 Å². The number of methoxy groups -OCH3 is 1. The molecule has 2 N–H and O–H groups in total. The molecule has 0 aliphatic heterocycles. The molecule has 60 valence electrons. The molecule has 1 rings (SSSR count). The van der Waals surface area contributed by atoms with Gasteiger partial charge in [-0.05, 0) is 13.0 Å². The normalized spacial score (nSPS) is 12.6. The van der Waals surface area contributed by atoms with E-state index in [0.29, 0.717) is 5.88 Å². The summed E-state index contributed by atoms with van der Waals surface area (Å²) < 4.78 is 4.95. The molecule has 0 aliphatic carbocycles. The molecule has 4 heteroatoms. The van der Waals surface area contributed by atoms with Gasteiger partial charge < -0.3 is 10.5 Å². The van der Waals surface area contributed by atoms with Crippen molar-refractivity contribution in [2.75, 3.05) is 7.11 Å². The summed E-state index contributed by atoms with van der Waals surface area (Å²) in [5, 5.41) is 7.43. The van der Waals surface area contributed by atoms with Crippen LogP contribution in [-0.4, -0.2) is 17.3 Å². The Kier molecular flexibility index (Phi) is 2.38. The first kappa shape index (κ1) is 7.94. The molecule has 0 radical (unpaired) electrons. The summed E-state index contributed by atoms with van der Waals surface area (Å²) in [7, 11) is 1.55. The van der Waals surface area contributed by atoms with Crippen LogP contribution >= 0.6 is 0 Å². The highest BCUT2D eigenvalue weighted by molar-refractivity contribution is 5.25. The topological polar surface area (TPSA) is 61.0 Å². The Labute approximate surface area is 65.4 Å². The molecule has 0 bridgehead atoms. The first-order valence-electron chi connectivity index (χ1n) is 3.37. The van der Waals surface area contributed by atoms with Crippen LogP contribution in [0, 0.1) is 0 Å². The van der Waals surface area contributed by atoms with E-state index in [9.17, 15) is 0 Å². The Morgan fingerprint density at radius 2 is 2.36 bits per heavy atom. The van der Waals surface area contributed by atoms with E-state index in [4.69, 9.17) is 10.5 Å². The minimum atomic E-state index is -0.0690. The summed E-state index contributed by atoms with van der Waals surface area (Å²) in [6.45, 7) is 1.87. The van der Waals surface area contributed by atoms with E-state index in [1.54, 1.807) is 19.4 Å². The third-order valence-electron chi connectivity index (χ3n) is 1.40. The van der Waals surface area contributed by atoms with Crippen LogP contribution in [0.25, 0.3) is 0 Å². The van der Waals surface area contributed by atoms with Gasteiger partial charge in [0.15, 0.2) is 0 Å². The van der Waals surface area contributed by atoms with Crippen molar-refractivity contribution in [3.63, 3.8) is 0 Å². The maximum atomic E-state index is 5.64. The summed E-state index contributed by atoms with van der Waals surface area (Å²) in [4.78, 5) is 0. The Balaban J connectivity index is 3.02. The maximum absolute atomic E-state index is 5.64. The predicted octanol–water partition coefficient (Wildman–Crippen LogP) is 0.505. The van der Waals surface area contributed by atoms with Gasteiger partial charge in [0.05, 0.1) is 13.3 Å². The molecule has 0 saturated heterocycles. The molecule has 0 aromatic carbocycles. The second-order valence-electron chi connectivity index (χ2n) is 2.28.